The molecule has 72 valence electrons. The monoisotopic (exact) mass is 234 g/mol. The molecule has 3 N–H and O–H groups in total. The van der Waals surface area contributed by atoms with Crippen LogP contribution in [0.4, 0.5) is 0 Å². The van der Waals surface area contributed by atoms with Crippen LogP contribution in [0.2, 0.25) is 0 Å². The summed E-state index contributed by atoms with van der Waals surface area (Å²) in [6.07, 6.45) is 1.96. The summed E-state index contributed by atoms with van der Waals surface area (Å²) in [6.45, 7) is 1.88. The van der Waals surface area contributed by atoms with Gasteiger partial charge in [-0.05, 0) is 13.2 Å². The Hall–Kier alpha value is -0.270. The fourth-order valence-corrected chi connectivity index (χ4v) is 3.09. The standard InChI is InChI=1S/C6H10N4S3/c1-3(4(7)8)12-6-10-9-5(11-2)13-6/h3H,1-2H3,(H3,7,8). The number of nitrogens with zero attached hydrogens (tertiary/aromatic N) is 2. The maximum absolute atomic E-state index is 7.21. The van der Waals surface area contributed by atoms with Crippen molar-refractivity contribution in [3.63, 3.8) is 0 Å². The third-order valence-electron chi connectivity index (χ3n) is 1.28. The third kappa shape index (κ3) is 3.17. The van der Waals surface area contributed by atoms with Gasteiger partial charge in [-0.1, -0.05) is 34.9 Å². The van der Waals surface area contributed by atoms with Crippen LogP contribution in [-0.4, -0.2) is 27.5 Å². The molecular weight excluding hydrogens is 224 g/mol. The SMILES string of the molecule is CSc1nnc(SC(C)C(=N)N)s1. The average molecular weight is 234 g/mol. The first-order chi connectivity index (χ1) is 6.13. The van der Waals surface area contributed by atoms with Gasteiger partial charge >= 0.3 is 0 Å². The molecule has 0 amide bonds. The molecule has 1 aromatic heterocycles. The van der Waals surface area contributed by atoms with Gasteiger partial charge in [-0.15, -0.1) is 10.2 Å². The van der Waals surface area contributed by atoms with E-state index in [9.17, 15) is 0 Å². The molecule has 7 heteroatoms. The smallest absolute Gasteiger partial charge is 0.175 e. The highest BCUT2D eigenvalue weighted by atomic mass is 32.2. The van der Waals surface area contributed by atoms with Gasteiger partial charge in [0.25, 0.3) is 0 Å². The molecule has 0 spiro atoms. The van der Waals surface area contributed by atoms with Gasteiger partial charge in [-0.3, -0.25) is 5.41 Å². The summed E-state index contributed by atoms with van der Waals surface area (Å²) >= 11 is 4.57. The minimum Gasteiger partial charge on any atom is -0.387 e. The van der Waals surface area contributed by atoms with Crippen LogP contribution < -0.4 is 5.73 Å². The third-order valence-corrected chi connectivity index (χ3v) is 4.40. The van der Waals surface area contributed by atoms with E-state index < -0.39 is 0 Å². The second kappa shape index (κ2) is 4.83. The van der Waals surface area contributed by atoms with Crippen molar-refractivity contribution in [3.8, 4) is 0 Å². The predicted molar refractivity (Wildman–Crippen MR) is 58.9 cm³/mol. The molecule has 1 aromatic rings. The van der Waals surface area contributed by atoms with Crippen molar-refractivity contribution < 1.29 is 0 Å². The normalized spacial score (nSPS) is 12.8. The maximum Gasteiger partial charge on any atom is 0.175 e. The fraction of sp³-hybridized carbons (Fsp3) is 0.500. The first-order valence-electron chi connectivity index (χ1n) is 3.51. The zero-order chi connectivity index (χ0) is 9.84. The van der Waals surface area contributed by atoms with Gasteiger partial charge < -0.3 is 5.73 Å². The molecule has 0 saturated heterocycles. The highest BCUT2D eigenvalue weighted by Crippen LogP contribution is 2.29. The number of hydrogen-bond donors (Lipinski definition) is 2. The fourth-order valence-electron chi connectivity index (χ4n) is 0.542. The molecule has 0 aliphatic rings. The highest BCUT2D eigenvalue weighted by molar-refractivity contribution is 8.03. The van der Waals surface area contributed by atoms with E-state index in [0.717, 1.165) is 8.68 Å². The summed E-state index contributed by atoms with van der Waals surface area (Å²) in [5.74, 6) is 0.172. The number of hydrogen-bond acceptors (Lipinski definition) is 6. The molecule has 0 bridgehead atoms. The molecule has 1 unspecified atom stereocenters. The number of nitrogens with two attached hydrogens (primary N) is 1. The van der Waals surface area contributed by atoms with E-state index in [1.54, 1.807) is 11.8 Å². The van der Waals surface area contributed by atoms with Crippen molar-refractivity contribution in [2.45, 2.75) is 20.9 Å². The number of thioether (sulfide) groups is 2. The Labute approximate surface area is 89.2 Å². The topological polar surface area (TPSA) is 75.7 Å². The first kappa shape index (κ1) is 10.8. The Morgan fingerprint density at radius 3 is 2.62 bits per heavy atom. The van der Waals surface area contributed by atoms with Gasteiger partial charge in [0.05, 0.1) is 5.25 Å². The second-order valence-electron chi connectivity index (χ2n) is 2.25. The van der Waals surface area contributed by atoms with Crippen molar-refractivity contribution in [1.82, 2.24) is 10.2 Å². The molecule has 0 radical (unpaired) electrons. The van der Waals surface area contributed by atoms with E-state index in [4.69, 9.17) is 11.1 Å². The summed E-state index contributed by atoms with van der Waals surface area (Å²) < 4.78 is 1.81. The lowest BCUT2D eigenvalue weighted by atomic mass is 10.4. The molecule has 1 atom stereocenters. The Bertz CT molecular complexity index is 298. The quantitative estimate of drug-likeness (QED) is 0.471. The molecule has 1 rings (SSSR count). The van der Waals surface area contributed by atoms with Crippen LogP contribution in [0.15, 0.2) is 8.68 Å². The zero-order valence-electron chi connectivity index (χ0n) is 7.27. The summed E-state index contributed by atoms with van der Waals surface area (Å²) in [5.41, 5.74) is 5.34. The van der Waals surface area contributed by atoms with Crippen LogP contribution in [0, 0.1) is 5.41 Å². The van der Waals surface area contributed by atoms with Crippen molar-refractivity contribution in [3.05, 3.63) is 0 Å². The van der Waals surface area contributed by atoms with Crippen LogP contribution in [-0.2, 0) is 0 Å². The van der Waals surface area contributed by atoms with Crippen LogP contribution in [0.1, 0.15) is 6.92 Å². The van der Waals surface area contributed by atoms with E-state index in [1.807, 2.05) is 13.2 Å². The van der Waals surface area contributed by atoms with Gasteiger partial charge in [-0.2, -0.15) is 0 Å². The molecule has 0 aliphatic carbocycles. The van der Waals surface area contributed by atoms with Gasteiger partial charge in [0.1, 0.15) is 5.84 Å². The number of nitrogens with one attached hydrogen (secondary N) is 1. The summed E-state index contributed by atoms with van der Waals surface area (Å²) in [7, 11) is 0. The van der Waals surface area contributed by atoms with Gasteiger partial charge in [0.2, 0.25) is 0 Å². The molecule has 1 heterocycles. The van der Waals surface area contributed by atoms with Gasteiger partial charge in [0.15, 0.2) is 8.68 Å². The van der Waals surface area contributed by atoms with Gasteiger partial charge in [0, 0.05) is 0 Å². The van der Waals surface area contributed by atoms with Crippen molar-refractivity contribution in [2.75, 3.05) is 6.26 Å². The average Bonchev–Trinajstić information content (AvgIpc) is 2.52. The van der Waals surface area contributed by atoms with Crippen LogP contribution in [0.3, 0.4) is 0 Å². The lowest BCUT2D eigenvalue weighted by Gasteiger charge is -2.04. The number of rotatable bonds is 4. The van der Waals surface area contributed by atoms with E-state index >= 15 is 0 Å². The second-order valence-corrected chi connectivity index (χ2v) is 5.87. The molecule has 0 fully saturated rings. The highest BCUT2D eigenvalue weighted by Gasteiger charge is 2.11. The van der Waals surface area contributed by atoms with Crippen LogP contribution >= 0.6 is 34.9 Å². The minimum atomic E-state index is -0.0253. The van der Waals surface area contributed by atoms with Crippen LogP contribution in [0.25, 0.3) is 0 Å². The molecule has 0 aromatic carbocycles. The van der Waals surface area contributed by atoms with Crippen molar-refractivity contribution in [1.29, 1.82) is 5.41 Å². The molecule has 0 saturated carbocycles. The summed E-state index contributed by atoms with van der Waals surface area (Å²) in [4.78, 5) is 0. The Kier molecular flexibility index (Phi) is 4.01. The molecule has 4 nitrogen and oxygen atoms in total. The number of amidine groups is 1. The van der Waals surface area contributed by atoms with E-state index in [0.29, 0.717) is 0 Å². The van der Waals surface area contributed by atoms with E-state index in [1.165, 1.54) is 23.1 Å². The minimum absolute atomic E-state index is 0.0253. The van der Waals surface area contributed by atoms with Crippen LogP contribution in [0.5, 0.6) is 0 Å². The Morgan fingerprint density at radius 2 is 2.15 bits per heavy atom. The number of aromatic nitrogens is 2. The predicted octanol–water partition coefficient (Wildman–Crippen LogP) is 1.68. The van der Waals surface area contributed by atoms with Gasteiger partial charge in [-0.25, -0.2) is 0 Å². The largest absolute Gasteiger partial charge is 0.387 e. The Morgan fingerprint density at radius 1 is 1.54 bits per heavy atom. The summed E-state index contributed by atoms with van der Waals surface area (Å²) in [5, 5.41) is 15.1. The molecular formula is C6H10N4S3. The lowest BCUT2D eigenvalue weighted by molar-refractivity contribution is 0.954. The van der Waals surface area contributed by atoms with Crippen molar-refractivity contribution >= 4 is 40.7 Å². The Balaban J connectivity index is 2.58. The molecule has 0 aliphatic heterocycles. The summed E-state index contributed by atoms with van der Waals surface area (Å²) in [6, 6.07) is 0. The maximum atomic E-state index is 7.21. The van der Waals surface area contributed by atoms with Crippen molar-refractivity contribution in [2.24, 2.45) is 5.73 Å². The molecule has 13 heavy (non-hydrogen) atoms. The lowest BCUT2D eigenvalue weighted by Crippen LogP contribution is -2.21. The first-order valence-corrected chi connectivity index (χ1v) is 6.43. The zero-order valence-corrected chi connectivity index (χ0v) is 9.72. The van der Waals surface area contributed by atoms with E-state index in [-0.39, 0.29) is 11.1 Å². The van der Waals surface area contributed by atoms with E-state index in [2.05, 4.69) is 10.2 Å².